The molecule has 154 valence electrons. The van der Waals surface area contributed by atoms with E-state index in [0.29, 0.717) is 48.2 Å². The number of piperidine rings is 1. The zero-order valence-corrected chi connectivity index (χ0v) is 16.6. The average molecular weight is 396 g/mol. The summed E-state index contributed by atoms with van der Waals surface area (Å²) in [7, 11) is 0. The van der Waals surface area contributed by atoms with Crippen LogP contribution in [0.15, 0.2) is 24.5 Å². The molecule has 1 aliphatic carbocycles. The molecule has 2 amide bonds. The quantitative estimate of drug-likeness (QED) is 0.784. The first-order valence-corrected chi connectivity index (χ1v) is 10.8. The lowest BCUT2D eigenvalue weighted by atomic mass is 9.96. The van der Waals surface area contributed by atoms with Gasteiger partial charge in [-0.15, -0.1) is 0 Å². The largest absolute Gasteiger partial charge is 0.381 e. The van der Waals surface area contributed by atoms with Crippen molar-refractivity contribution in [2.45, 2.75) is 25.7 Å². The SMILES string of the molecule is O=C(NCC[C@@H]1[C@H]2CN(C(=O)CC3CCOCC3)C[C@@H]12)c1cc2cnccc2[nH]1. The third-order valence-electron chi connectivity index (χ3n) is 6.96. The van der Waals surface area contributed by atoms with E-state index in [-0.39, 0.29) is 5.91 Å². The summed E-state index contributed by atoms with van der Waals surface area (Å²) in [6, 6.07) is 3.71. The van der Waals surface area contributed by atoms with Crippen LogP contribution in [-0.4, -0.2) is 59.5 Å². The van der Waals surface area contributed by atoms with Crippen molar-refractivity contribution in [3.8, 4) is 0 Å². The number of carbonyl (C=O) groups excluding carboxylic acids is 2. The molecule has 2 saturated heterocycles. The van der Waals surface area contributed by atoms with Crippen LogP contribution in [0.5, 0.6) is 0 Å². The van der Waals surface area contributed by atoms with Crippen LogP contribution in [-0.2, 0) is 9.53 Å². The molecule has 5 rings (SSSR count). The number of aromatic nitrogens is 2. The van der Waals surface area contributed by atoms with E-state index in [9.17, 15) is 9.59 Å². The van der Waals surface area contributed by atoms with Gasteiger partial charge in [-0.1, -0.05) is 0 Å². The molecule has 4 heterocycles. The lowest BCUT2D eigenvalue weighted by Gasteiger charge is -2.25. The van der Waals surface area contributed by atoms with E-state index in [1.807, 2.05) is 12.1 Å². The van der Waals surface area contributed by atoms with Crippen LogP contribution in [0.2, 0.25) is 0 Å². The Kier molecular flexibility index (Phi) is 4.99. The third-order valence-corrected chi connectivity index (χ3v) is 6.96. The Morgan fingerprint density at radius 1 is 1.24 bits per heavy atom. The van der Waals surface area contributed by atoms with Gasteiger partial charge in [0.2, 0.25) is 5.91 Å². The molecule has 3 atom stereocenters. The molecule has 2 aromatic heterocycles. The summed E-state index contributed by atoms with van der Waals surface area (Å²) >= 11 is 0. The molecule has 7 heteroatoms. The first kappa shape index (κ1) is 18.6. The highest BCUT2D eigenvalue weighted by Gasteiger charge is 2.55. The van der Waals surface area contributed by atoms with Gasteiger partial charge in [-0.25, -0.2) is 0 Å². The van der Waals surface area contributed by atoms with Crippen LogP contribution >= 0.6 is 0 Å². The van der Waals surface area contributed by atoms with Gasteiger partial charge in [0.25, 0.3) is 5.91 Å². The van der Waals surface area contributed by atoms with Gasteiger partial charge in [0.1, 0.15) is 5.69 Å². The molecule has 0 aromatic carbocycles. The minimum absolute atomic E-state index is 0.0692. The van der Waals surface area contributed by atoms with Crippen molar-refractivity contribution in [1.82, 2.24) is 20.2 Å². The molecule has 0 spiro atoms. The second kappa shape index (κ2) is 7.78. The number of H-pyrrole nitrogens is 1. The molecule has 1 saturated carbocycles. The highest BCUT2D eigenvalue weighted by Crippen LogP contribution is 2.53. The van der Waals surface area contributed by atoms with Crippen LogP contribution in [0.1, 0.15) is 36.2 Å². The molecule has 0 radical (unpaired) electrons. The predicted molar refractivity (Wildman–Crippen MR) is 108 cm³/mol. The number of ether oxygens (including phenoxy) is 1. The fourth-order valence-electron chi connectivity index (χ4n) is 5.15. The first-order chi connectivity index (χ1) is 14.2. The highest BCUT2D eigenvalue weighted by molar-refractivity contribution is 5.97. The maximum Gasteiger partial charge on any atom is 0.267 e. The minimum Gasteiger partial charge on any atom is -0.381 e. The number of pyridine rings is 1. The van der Waals surface area contributed by atoms with Gasteiger partial charge in [-0.2, -0.15) is 0 Å². The van der Waals surface area contributed by atoms with Gasteiger partial charge in [-0.3, -0.25) is 14.6 Å². The molecule has 2 aromatic rings. The van der Waals surface area contributed by atoms with Crippen molar-refractivity contribution in [2.75, 3.05) is 32.8 Å². The summed E-state index contributed by atoms with van der Waals surface area (Å²) in [5.74, 6) is 2.66. The molecule has 2 N–H and O–H groups in total. The van der Waals surface area contributed by atoms with Gasteiger partial charge in [0, 0.05) is 62.6 Å². The van der Waals surface area contributed by atoms with Crippen molar-refractivity contribution in [2.24, 2.45) is 23.7 Å². The lowest BCUT2D eigenvalue weighted by molar-refractivity contribution is -0.132. The van der Waals surface area contributed by atoms with E-state index in [0.717, 1.165) is 56.5 Å². The molecule has 3 fully saturated rings. The topological polar surface area (TPSA) is 87.3 Å². The second-order valence-electron chi connectivity index (χ2n) is 8.74. The summed E-state index contributed by atoms with van der Waals surface area (Å²) < 4.78 is 5.38. The number of rotatable bonds is 6. The Morgan fingerprint density at radius 2 is 2.03 bits per heavy atom. The van der Waals surface area contributed by atoms with Crippen LogP contribution < -0.4 is 5.32 Å². The number of nitrogens with zero attached hydrogens (tertiary/aromatic N) is 2. The molecule has 7 nitrogen and oxygen atoms in total. The molecular weight excluding hydrogens is 368 g/mol. The Bertz CT molecular complexity index is 859. The highest BCUT2D eigenvalue weighted by atomic mass is 16.5. The average Bonchev–Trinajstić information content (AvgIpc) is 3.11. The standard InChI is InChI=1S/C22H28N4O3/c27-21(9-14-3-7-29-8-4-14)26-12-17-16(18(17)13-26)1-6-24-22(28)20-10-15-11-23-5-2-19(15)25-20/h2,5,10-11,14,16-18,25H,1,3-4,6-9,12-13H2,(H,24,28)/t16-,17-,18+. The van der Waals surface area contributed by atoms with Crippen molar-refractivity contribution in [1.29, 1.82) is 0 Å². The van der Waals surface area contributed by atoms with Crippen LogP contribution in [0.25, 0.3) is 10.9 Å². The smallest absolute Gasteiger partial charge is 0.267 e. The van der Waals surface area contributed by atoms with Gasteiger partial charge >= 0.3 is 0 Å². The number of aromatic amines is 1. The normalized spacial score (nSPS) is 26.5. The number of hydrogen-bond acceptors (Lipinski definition) is 4. The fourth-order valence-corrected chi connectivity index (χ4v) is 5.15. The van der Waals surface area contributed by atoms with E-state index in [1.54, 1.807) is 12.4 Å². The number of likely N-dealkylation sites (tertiary alicyclic amines) is 1. The summed E-state index contributed by atoms with van der Waals surface area (Å²) in [5.41, 5.74) is 1.50. The monoisotopic (exact) mass is 396 g/mol. The molecule has 3 aliphatic rings. The number of fused-ring (bicyclic) bond motifs is 2. The summed E-state index contributed by atoms with van der Waals surface area (Å²) in [6.45, 7) is 4.08. The number of hydrogen-bond donors (Lipinski definition) is 2. The van der Waals surface area contributed by atoms with E-state index in [4.69, 9.17) is 4.74 Å². The Morgan fingerprint density at radius 3 is 2.79 bits per heavy atom. The van der Waals surface area contributed by atoms with Crippen LogP contribution in [0.3, 0.4) is 0 Å². The predicted octanol–water partition coefficient (Wildman–Crippen LogP) is 2.20. The fraction of sp³-hybridized carbons (Fsp3) is 0.591. The zero-order valence-electron chi connectivity index (χ0n) is 16.6. The van der Waals surface area contributed by atoms with Crippen LogP contribution in [0, 0.1) is 23.7 Å². The number of nitrogens with one attached hydrogen (secondary N) is 2. The maximum atomic E-state index is 12.5. The summed E-state index contributed by atoms with van der Waals surface area (Å²) in [5, 5.41) is 3.97. The van der Waals surface area contributed by atoms with Crippen molar-refractivity contribution in [3.63, 3.8) is 0 Å². The van der Waals surface area contributed by atoms with Crippen molar-refractivity contribution < 1.29 is 14.3 Å². The van der Waals surface area contributed by atoms with Crippen molar-refractivity contribution >= 4 is 22.7 Å². The molecule has 0 unspecified atom stereocenters. The first-order valence-electron chi connectivity index (χ1n) is 10.8. The maximum absolute atomic E-state index is 12.5. The molecule has 29 heavy (non-hydrogen) atoms. The van der Waals surface area contributed by atoms with Gasteiger partial charge in [0.15, 0.2) is 0 Å². The van der Waals surface area contributed by atoms with E-state index in [2.05, 4.69) is 20.2 Å². The molecular formula is C22H28N4O3. The van der Waals surface area contributed by atoms with Gasteiger partial charge in [-0.05, 0) is 55.1 Å². The molecule has 0 bridgehead atoms. The number of amides is 2. The number of carbonyl (C=O) groups is 2. The van der Waals surface area contributed by atoms with Crippen LogP contribution in [0.4, 0.5) is 0 Å². The Hall–Kier alpha value is -2.41. The van der Waals surface area contributed by atoms with Gasteiger partial charge in [0.05, 0.1) is 0 Å². The summed E-state index contributed by atoms with van der Waals surface area (Å²) in [4.78, 5) is 34.2. The van der Waals surface area contributed by atoms with E-state index >= 15 is 0 Å². The van der Waals surface area contributed by atoms with E-state index < -0.39 is 0 Å². The Labute approximate surface area is 170 Å². The molecule has 2 aliphatic heterocycles. The minimum atomic E-state index is -0.0692. The summed E-state index contributed by atoms with van der Waals surface area (Å²) in [6.07, 6.45) is 7.17. The Balaban J connectivity index is 1.04. The lowest BCUT2D eigenvalue weighted by Crippen LogP contribution is -2.34. The van der Waals surface area contributed by atoms with E-state index in [1.165, 1.54) is 0 Å². The van der Waals surface area contributed by atoms with Crippen molar-refractivity contribution in [3.05, 3.63) is 30.2 Å². The van der Waals surface area contributed by atoms with Gasteiger partial charge < -0.3 is 19.9 Å². The third kappa shape index (κ3) is 3.88. The zero-order chi connectivity index (χ0) is 19.8. The second-order valence-corrected chi connectivity index (χ2v) is 8.74.